The Kier molecular flexibility index (Phi) is 2.81. The van der Waals surface area contributed by atoms with E-state index in [1.807, 2.05) is 16.8 Å². The highest BCUT2D eigenvalue weighted by atomic mass is 32.2. The molecule has 0 aliphatic carbocycles. The third kappa shape index (κ3) is 2.35. The molecule has 1 aliphatic rings. The summed E-state index contributed by atoms with van der Waals surface area (Å²) in [6.07, 6.45) is 5.96. The lowest BCUT2D eigenvalue weighted by molar-refractivity contribution is 0.602. The Bertz CT molecular complexity index is 709. The van der Waals surface area contributed by atoms with Gasteiger partial charge in [-0.05, 0) is 6.42 Å². The first-order chi connectivity index (χ1) is 9.07. The molecule has 3 rings (SSSR count). The average molecular weight is 281 g/mol. The summed E-state index contributed by atoms with van der Waals surface area (Å²) in [4.78, 5) is 8.64. The van der Waals surface area contributed by atoms with Crippen molar-refractivity contribution in [3.63, 3.8) is 0 Å². The summed E-state index contributed by atoms with van der Waals surface area (Å²) in [5.41, 5.74) is 0.697. The van der Waals surface area contributed by atoms with E-state index < -0.39 is 9.84 Å². The fourth-order valence-corrected chi connectivity index (χ4v) is 3.92. The quantitative estimate of drug-likeness (QED) is 0.845. The number of sulfone groups is 1. The molecule has 2 aromatic heterocycles. The number of hydrogen-bond donors (Lipinski definition) is 2. The Morgan fingerprint density at radius 3 is 3.00 bits per heavy atom. The smallest absolute Gasteiger partial charge is 0.180 e. The van der Waals surface area contributed by atoms with Gasteiger partial charge < -0.3 is 15.0 Å². The van der Waals surface area contributed by atoms with Crippen molar-refractivity contribution < 1.29 is 8.42 Å². The van der Waals surface area contributed by atoms with Crippen LogP contribution >= 0.6 is 0 Å². The average Bonchev–Trinajstić information content (AvgIpc) is 2.95. The van der Waals surface area contributed by atoms with Gasteiger partial charge in [0.2, 0.25) is 0 Å². The zero-order chi connectivity index (χ0) is 13.5. The van der Waals surface area contributed by atoms with Crippen LogP contribution in [0.2, 0.25) is 0 Å². The van der Waals surface area contributed by atoms with Crippen molar-refractivity contribution in [2.45, 2.75) is 12.5 Å². The third-order valence-electron chi connectivity index (χ3n) is 3.20. The number of nitrogens with zero attached hydrogens (tertiary/aromatic N) is 3. The van der Waals surface area contributed by atoms with E-state index in [-0.39, 0.29) is 17.5 Å². The number of anilines is 2. The van der Waals surface area contributed by atoms with Crippen molar-refractivity contribution in [3.8, 4) is 0 Å². The minimum absolute atomic E-state index is 0.0925. The lowest BCUT2D eigenvalue weighted by Gasteiger charge is -2.13. The first kappa shape index (κ1) is 12.2. The number of nitrogens with one attached hydrogen (secondary N) is 2. The van der Waals surface area contributed by atoms with E-state index in [4.69, 9.17) is 0 Å². The van der Waals surface area contributed by atoms with Crippen LogP contribution < -0.4 is 10.6 Å². The highest BCUT2D eigenvalue weighted by molar-refractivity contribution is 7.91. The molecule has 1 unspecified atom stereocenters. The molecule has 2 N–H and O–H groups in total. The van der Waals surface area contributed by atoms with Gasteiger partial charge in [0.15, 0.2) is 21.3 Å². The van der Waals surface area contributed by atoms with Crippen molar-refractivity contribution in [2.24, 2.45) is 0 Å². The van der Waals surface area contributed by atoms with Crippen LogP contribution in [0.5, 0.6) is 0 Å². The molecule has 19 heavy (non-hydrogen) atoms. The zero-order valence-corrected chi connectivity index (χ0v) is 11.3. The van der Waals surface area contributed by atoms with Crippen LogP contribution in [0.25, 0.3) is 5.65 Å². The van der Waals surface area contributed by atoms with Gasteiger partial charge in [-0.25, -0.2) is 18.4 Å². The number of fused-ring (bicyclic) bond motifs is 1. The van der Waals surface area contributed by atoms with Crippen molar-refractivity contribution in [1.82, 2.24) is 14.4 Å². The summed E-state index contributed by atoms with van der Waals surface area (Å²) < 4.78 is 24.8. The second kappa shape index (κ2) is 4.37. The minimum Gasteiger partial charge on any atom is -0.372 e. The molecule has 2 aromatic rings. The predicted octanol–water partition coefficient (Wildman–Crippen LogP) is 0.370. The fourth-order valence-electron chi connectivity index (χ4n) is 2.25. The second-order valence-electron chi connectivity index (χ2n) is 4.63. The van der Waals surface area contributed by atoms with Gasteiger partial charge in [0.05, 0.1) is 17.7 Å². The molecule has 0 amide bonds. The van der Waals surface area contributed by atoms with Crippen LogP contribution in [0.3, 0.4) is 0 Å². The summed E-state index contributed by atoms with van der Waals surface area (Å²) in [6, 6.07) is -0.0925. The molecule has 8 heteroatoms. The highest BCUT2D eigenvalue weighted by Crippen LogP contribution is 2.21. The van der Waals surface area contributed by atoms with Gasteiger partial charge in [0.1, 0.15) is 5.82 Å². The number of imidazole rings is 1. The second-order valence-corrected chi connectivity index (χ2v) is 6.86. The van der Waals surface area contributed by atoms with Gasteiger partial charge in [0, 0.05) is 25.5 Å². The molecule has 1 saturated heterocycles. The van der Waals surface area contributed by atoms with Gasteiger partial charge in [0.25, 0.3) is 0 Å². The fraction of sp³-hybridized carbons (Fsp3) is 0.455. The topological polar surface area (TPSA) is 88.4 Å². The molecule has 1 aliphatic heterocycles. The molecule has 0 bridgehead atoms. The van der Waals surface area contributed by atoms with E-state index in [0.29, 0.717) is 23.7 Å². The summed E-state index contributed by atoms with van der Waals surface area (Å²) in [5.74, 6) is 1.71. The monoisotopic (exact) mass is 281 g/mol. The van der Waals surface area contributed by atoms with Gasteiger partial charge in [-0.15, -0.1) is 0 Å². The van der Waals surface area contributed by atoms with Gasteiger partial charge in [-0.2, -0.15) is 0 Å². The van der Waals surface area contributed by atoms with Crippen molar-refractivity contribution in [2.75, 3.05) is 29.2 Å². The van der Waals surface area contributed by atoms with Crippen LogP contribution in [0.1, 0.15) is 6.42 Å². The lowest BCUT2D eigenvalue weighted by atomic mass is 10.2. The van der Waals surface area contributed by atoms with E-state index >= 15 is 0 Å². The minimum atomic E-state index is -2.90. The Hall–Kier alpha value is -1.83. The van der Waals surface area contributed by atoms with Crippen LogP contribution in [-0.4, -0.2) is 47.4 Å². The maximum atomic E-state index is 11.5. The number of hydrogen-bond acceptors (Lipinski definition) is 6. The molecule has 0 radical (unpaired) electrons. The van der Waals surface area contributed by atoms with E-state index in [0.717, 1.165) is 0 Å². The van der Waals surface area contributed by atoms with E-state index in [1.165, 1.54) is 0 Å². The van der Waals surface area contributed by atoms with Crippen LogP contribution in [0.4, 0.5) is 11.6 Å². The van der Waals surface area contributed by atoms with Gasteiger partial charge >= 0.3 is 0 Å². The molecule has 3 heterocycles. The molecule has 0 spiro atoms. The Balaban J connectivity index is 1.94. The van der Waals surface area contributed by atoms with Crippen molar-refractivity contribution >= 4 is 27.1 Å². The van der Waals surface area contributed by atoms with E-state index in [1.54, 1.807) is 13.2 Å². The predicted molar refractivity (Wildman–Crippen MR) is 73.2 cm³/mol. The summed E-state index contributed by atoms with van der Waals surface area (Å²) in [7, 11) is -1.12. The normalized spacial score (nSPS) is 21.6. The van der Waals surface area contributed by atoms with Crippen LogP contribution in [0.15, 0.2) is 18.6 Å². The Morgan fingerprint density at radius 2 is 2.32 bits per heavy atom. The summed E-state index contributed by atoms with van der Waals surface area (Å²) >= 11 is 0. The third-order valence-corrected chi connectivity index (χ3v) is 4.97. The van der Waals surface area contributed by atoms with E-state index in [2.05, 4.69) is 20.6 Å². The van der Waals surface area contributed by atoms with Gasteiger partial charge in [-0.3, -0.25) is 0 Å². The van der Waals surface area contributed by atoms with Crippen molar-refractivity contribution in [3.05, 3.63) is 18.6 Å². The molecule has 7 nitrogen and oxygen atoms in total. The molecule has 1 atom stereocenters. The maximum absolute atomic E-state index is 11.5. The molecular weight excluding hydrogens is 266 g/mol. The number of aromatic nitrogens is 3. The molecular formula is C11H15N5O2S. The van der Waals surface area contributed by atoms with Crippen molar-refractivity contribution in [1.29, 1.82) is 0 Å². The largest absolute Gasteiger partial charge is 0.372 e. The van der Waals surface area contributed by atoms with E-state index in [9.17, 15) is 8.42 Å². The molecule has 1 fully saturated rings. The lowest BCUT2D eigenvalue weighted by Crippen LogP contribution is -2.22. The first-order valence-corrected chi connectivity index (χ1v) is 7.88. The van der Waals surface area contributed by atoms with Crippen LogP contribution in [0, 0.1) is 0 Å². The standard InChI is InChI=1S/C11H15N5O2S/c1-12-9-6-16-4-3-13-11(16)10(15-9)14-8-2-5-19(17,18)7-8/h3-4,6,8,12H,2,5,7H2,1H3,(H,14,15). The molecule has 0 aromatic carbocycles. The number of rotatable bonds is 3. The summed E-state index contributed by atoms with van der Waals surface area (Å²) in [6.45, 7) is 0. The SMILES string of the molecule is CNc1cn2ccnc2c(NC2CCS(=O)(=O)C2)n1. The van der Waals surface area contributed by atoms with Crippen LogP contribution in [-0.2, 0) is 9.84 Å². The van der Waals surface area contributed by atoms with Gasteiger partial charge in [-0.1, -0.05) is 0 Å². The summed E-state index contributed by atoms with van der Waals surface area (Å²) in [5, 5.41) is 6.16. The zero-order valence-electron chi connectivity index (χ0n) is 10.5. The highest BCUT2D eigenvalue weighted by Gasteiger charge is 2.28. The maximum Gasteiger partial charge on any atom is 0.180 e. The Labute approximate surface area is 111 Å². The Morgan fingerprint density at radius 1 is 1.47 bits per heavy atom. The first-order valence-electron chi connectivity index (χ1n) is 6.06. The molecule has 0 saturated carbocycles. The molecule has 102 valence electrons.